The number of hydrogen-bond acceptors (Lipinski definition) is 2. The van der Waals surface area contributed by atoms with Gasteiger partial charge >= 0.3 is 5.97 Å². The molecule has 0 aliphatic carbocycles. The molecular formula is C8H11BrN2O2. The van der Waals surface area contributed by atoms with E-state index in [1.807, 2.05) is 0 Å². The summed E-state index contributed by atoms with van der Waals surface area (Å²) in [6.07, 6.45) is 1.36. The molecule has 0 fully saturated rings. The van der Waals surface area contributed by atoms with Gasteiger partial charge in [0.1, 0.15) is 10.2 Å². The van der Waals surface area contributed by atoms with E-state index in [9.17, 15) is 4.79 Å². The third-order valence-electron chi connectivity index (χ3n) is 1.54. The Balaban J connectivity index is 2.93. The maximum atomic E-state index is 10.6. The number of aromatic nitrogens is 2. The van der Waals surface area contributed by atoms with Crippen LogP contribution in [0.15, 0.2) is 10.8 Å². The molecule has 1 N–H and O–H groups in total. The first-order chi connectivity index (χ1) is 6.02. The van der Waals surface area contributed by atoms with Crippen LogP contribution in [0.4, 0.5) is 0 Å². The van der Waals surface area contributed by atoms with Crippen LogP contribution in [-0.2, 0) is 6.54 Å². The molecule has 0 aromatic carbocycles. The molecule has 0 unspecified atom stereocenters. The van der Waals surface area contributed by atoms with Gasteiger partial charge in [0.15, 0.2) is 0 Å². The van der Waals surface area contributed by atoms with Gasteiger partial charge < -0.3 is 5.11 Å². The lowest BCUT2D eigenvalue weighted by Gasteiger charge is -2.05. The summed E-state index contributed by atoms with van der Waals surface area (Å²) in [7, 11) is 0. The van der Waals surface area contributed by atoms with Crippen LogP contribution < -0.4 is 0 Å². The van der Waals surface area contributed by atoms with Gasteiger partial charge in [0.25, 0.3) is 0 Å². The highest BCUT2D eigenvalue weighted by molar-refractivity contribution is 9.10. The van der Waals surface area contributed by atoms with Crippen molar-refractivity contribution in [2.24, 2.45) is 5.92 Å². The largest absolute Gasteiger partial charge is 0.478 e. The first-order valence-corrected chi connectivity index (χ1v) is 4.76. The summed E-state index contributed by atoms with van der Waals surface area (Å²) < 4.78 is 2.18. The highest BCUT2D eigenvalue weighted by atomic mass is 79.9. The third kappa shape index (κ3) is 2.30. The van der Waals surface area contributed by atoms with Gasteiger partial charge in [-0.3, -0.25) is 4.68 Å². The molecule has 1 aromatic rings. The molecule has 4 nitrogen and oxygen atoms in total. The van der Waals surface area contributed by atoms with E-state index in [0.29, 0.717) is 17.1 Å². The molecular weight excluding hydrogens is 236 g/mol. The summed E-state index contributed by atoms with van der Waals surface area (Å²) in [6, 6.07) is 0. The molecule has 0 saturated carbocycles. The SMILES string of the molecule is CC(C)Cn1ncc(C(=O)O)c1Br. The summed E-state index contributed by atoms with van der Waals surface area (Å²) in [4.78, 5) is 10.6. The highest BCUT2D eigenvalue weighted by Crippen LogP contribution is 2.17. The van der Waals surface area contributed by atoms with Crippen molar-refractivity contribution in [3.63, 3.8) is 0 Å². The second-order valence-electron chi connectivity index (χ2n) is 3.23. The second kappa shape index (κ2) is 3.91. The molecule has 1 heterocycles. The number of carboxylic acid groups (broad SMARTS) is 1. The average Bonchev–Trinajstić information content (AvgIpc) is 2.32. The number of aromatic carboxylic acids is 1. The molecule has 0 saturated heterocycles. The Kier molecular flexibility index (Phi) is 3.08. The average molecular weight is 247 g/mol. The molecule has 13 heavy (non-hydrogen) atoms. The van der Waals surface area contributed by atoms with Crippen LogP contribution in [0.1, 0.15) is 24.2 Å². The van der Waals surface area contributed by atoms with Crippen molar-refractivity contribution < 1.29 is 9.90 Å². The standard InChI is InChI=1S/C8H11BrN2O2/c1-5(2)4-11-7(9)6(3-10-11)8(12)13/h3,5H,4H2,1-2H3,(H,12,13). The van der Waals surface area contributed by atoms with Crippen LogP contribution in [0.3, 0.4) is 0 Å². The molecule has 0 radical (unpaired) electrons. The predicted octanol–water partition coefficient (Wildman–Crippen LogP) is 2.00. The molecule has 72 valence electrons. The fourth-order valence-electron chi connectivity index (χ4n) is 0.987. The second-order valence-corrected chi connectivity index (χ2v) is 3.98. The maximum absolute atomic E-state index is 10.6. The van der Waals surface area contributed by atoms with Gasteiger partial charge in [0.2, 0.25) is 0 Å². The van der Waals surface area contributed by atoms with Crippen molar-refractivity contribution in [2.45, 2.75) is 20.4 Å². The van der Waals surface area contributed by atoms with Crippen LogP contribution in [0.25, 0.3) is 0 Å². The van der Waals surface area contributed by atoms with Gasteiger partial charge in [0.05, 0.1) is 6.20 Å². The molecule has 1 aromatic heterocycles. The Bertz CT molecular complexity index is 320. The number of hydrogen-bond donors (Lipinski definition) is 1. The Hall–Kier alpha value is -0.840. The van der Waals surface area contributed by atoms with Gasteiger partial charge in [-0.2, -0.15) is 5.10 Å². The quantitative estimate of drug-likeness (QED) is 0.888. The number of nitrogens with zero attached hydrogens (tertiary/aromatic N) is 2. The first-order valence-electron chi connectivity index (χ1n) is 3.97. The monoisotopic (exact) mass is 246 g/mol. The number of rotatable bonds is 3. The lowest BCUT2D eigenvalue weighted by molar-refractivity contribution is 0.0695. The molecule has 0 atom stereocenters. The van der Waals surface area contributed by atoms with E-state index in [1.54, 1.807) is 4.68 Å². The predicted molar refractivity (Wildman–Crippen MR) is 51.7 cm³/mol. The van der Waals surface area contributed by atoms with Crippen LogP contribution in [0.5, 0.6) is 0 Å². The fourth-order valence-corrected chi connectivity index (χ4v) is 1.50. The summed E-state index contributed by atoms with van der Waals surface area (Å²) in [5.41, 5.74) is 0.209. The van der Waals surface area contributed by atoms with E-state index in [4.69, 9.17) is 5.11 Å². The van der Waals surface area contributed by atoms with Gasteiger partial charge in [0, 0.05) is 6.54 Å². The summed E-state index contributed by atoms with van der Waals surface area (Å²) in [6.45, 7) is 4.82. The topological polar surface area (TPSA) is 55.1 Å². The van der Waals surface area contributed by atoms with E-state index in [2.05, 4.69) is 34.9 Å². The molecule has 0 aliphatic heterocycles. The Morgan fingerprint density at radius 2 is 2.38 bits per heavy atom. The van der Waals surface area contributed by atoms with E-state index in [-0.39, 0.29) is 5.56 Å². The minimum atomic E-state index is -0.957. The van der Waals surface area contributed by atoms with Gasteiger partial charge in [-0.25, -0.2) is 4.79 Å². The van der Waals surface area contributed by atoms with Crippen LogP contribution >= 0.6 is 15.9 Å². The third-order valence-corrected chi connectivity index (χ3v) is 2.38. The summed E-state index contributed by atoms with van der Waals surface area (Å²) in [5, 5.41) is 12.7. The van der Waals surface area contributed by atoms with Crippen molar-refractivity contribution in [3.8, 4) is 0 Å². The summed E-state index contributed by atoms with van der Waals surface area (Å²) >= 11 is 3.20. The Morgan fingerprint density at radius 3 is 2.77 bits per heavy atom. The lowest BCUT2D eigenvalue weighted by atomic mass is 10.2. The van der Waals surface area contributed by atoms with Crippen molar-refractivity contribution in [2.75, 3.05) is 0 Å². The molecule has 0 aliphatic rings. The van der Waals surface area contributed by atoms with Crippen molar-refractivity contribution >= 4 is 21.9 Å². The number of carbonyl (C=O) groups is 1. The fraction of sp³-hybridized carbons (Fsp3) is 0.500. The minimum Gasteiger partial charge on any atom is -0.478 e. The van der Waals surface area contributed by atoms with Crippen molar-refractivity contribution in [1.29, 1.82) is 0 Å². The minimum absolute atomic E-state index is 0.209. The zero-order chi connectivity index (χ0) is 10.0. The Labute approximate surface area is 84.7 Å². The highest BCUT2D eigenvalue weighted by Gasteiger charge is 2.14. The molecule has 0 spiro atoms. The number of halogens is 1. The van der Waals surface area contributed by atoms with Crippen LogP contribution in [0.2, 0.25) is 0 Å². The van der Waals surface area contributed by atoms with Gasteiger partial charge in [-0.15, -0.1) is 0 Å². The molecule has 0 amide bonds. The Morgan fingerprint density at radius 1 is 1.77 bits per heavy atom. The normalized spacial score (nSPS) is 10.8. The molecule has 5 heteroatoms. The number of carboxylic acids is 1. The zero-order valence-electron chi connectivity index (χ0n) is 7.49. The van der Waals surface area contributed by atoms with Crippen molar-refractivity contribution in [1.82, 2.24) is 9.78 Å². The first kappa shape index (κ1) is 10.2. The summed E-state index contributed by atoms with van der Waals surface area (Å²) in [5.74, 6) is -0.514. The van der Waals surface area contributed by atoms with Gasteiger partial charge in [-0.05, 0) is 21.8 Å². The lowest BCUT2D eigenvalue weighted by Crippen LogP contribution is -2.06. The van der Waals surface area contributed by atoms with Crippen LogP contribution in [0, 0.1) is 5.92 Å². The van der Waals surface area contributed by atoms with Crippen molar-refractivity contribution in [3.05, 3.63) is 16.4 Å². The van der Waals surface area contributed by atoms with E-state index in [1.165, 1.54) is 6.20 Å². The van der Waals surface area contributed by atoms with E-state index in [0.717, 1.165) is 0 Å². The maximum Gasteiger partial charge on any atom is 0.340 e. The smallest absolute Gasteiger partial charge is 0.340 e. The van der Waals surface area contributed by atoms with Gasteiger partial charge in [-0.1, -0.05) is 13.8 Å². The van der Waals surface area contributed by atoms with Crippen LogP contribution in [-0.4, -0.2) is 20.9 Å². The van der Waals surface area contributed by atoms with E-state index < -0.39 is 5.97 Å². The zero-order valence-corrected chi connectivity index (χ0v) is 9.08. The van der Waals surface area contributed by atoms with E-state index >= 15 is 0 Å². The molecule has 1 rings (SSSR count). The molecule has 0 bridgehead atoms.